The van der Waals surface area contributed by atoms with Gasteiger partial charge in [0.1, 0.15) is 11.4 Å². The van der Waals surface area contributed by atoms with Gasteiger partial charge in [0, 0.05) is 18.8 Å². The molecular formula is C20H16F2N6O. The first kappa shape index (κ1) is 18.5. The highest BCUT2D eigenvalue weighted by atomic mass is 19.3. The second kappa shape index (κ2) is 7.63. The van der Waals surface area contributed by atoms with Crippen molar-refractivity contribution in [2.24, 2.45) is 7.05 Å². The molecule has 4 rings (SSSR count). The molecule has 29 heavy (non-hydrogen) atoms. The Balaban J connectivity index is 1.65. The van der Waals surface area contributed by atoms with Crippen molar-refractivity contribution in [1.82, 2.24) is 24.8 Å². The van der Waals surface area contributed by atoms with Gasteiger partial charge >= 0.3 is 0 Å². The summed E-state index contributed by atoms with van der Waals surface area (Å²) in [5, 5.41) is 14.6. The van der Waals surface area contributed by atoms with Gasteiger partial charge in [0.15, 0.2) is 0 Å². The van der Waals surface area contributed by atoms with Crippen molar-refractivity contribution in [2.75, 3.05) is 5.32 Å². The maximum atomic E-state index is 13.2. The molecule has 0 saturated heterocycles. The minimum atomic E-state index is -2.85. The molecule has 0 radical (unpaired) electrons. The molecule has 1 amide bonds. The van der Waals surface area contributed by atoms with E-state index in [4.69, 9.17) is 0 Å². The smallest absolute Gasteiger partial charge is 0.282 e. The standard InChI is InChI=1S/C20H16F2N6O/c1-27-11-14(18(25-27)19(21)22)20(29)23-15-9-5-6-10-17(15)28-12-16(24-26-28)13-7-3-2-4-8-13/h2-12,19H,1H3,(H,23,29). The largest absolute Gasteiger partial charge is 0.320 e. The first-order chi connectivity index (χ1) is 14.0. The van der Waals surface area contributed by atoms with Crippen molar-refractivity contribution in [3.8, 4) is 16.9 Å². The fraction of sp³-hybridized carbons (Fsp3) is 0.100. The minimum absolute atomic E-state index is 0.180. The molecule has 0 bridgehead atoms. The summed E-state index contributed by atoms with van der Waals surface area (Å²) in [5.41, 5.74) is 1.79. The number of carbonyl (C=O) groups is 1. The predicted octanol–water partition coefficient (Wildman–Crippen LogP) is 3.86. The van der Waals surface area contributed by atoms with Crippen molar-refractivity contribution in [1.29, 1.82) is 0 Å². The first-order valence-electron chi connectivity index (χ1n) is 8.73. The second-order valence-corrected chi connectivity index (χ2v) is 6.29. The minimum Gasteiger partial charge on any atom is -0.320 e. The number of rotatable bonds is 5. The number of amides is 1. The van der Waals surface area contributed by atoms with Crippen molar-refractivity contribution in [3.05, 3.63) is 78.2 Å². The zero-order valence-corrected chi connectivity index (χ0v) is 15.3. The number of hydrogen-bond donors (Lipinski definition) is 1. The number of carbonyl (C=O) groups excluding carboxylic acids is 1. The summed E-state index contributed by atoms with van der Waals surface area (Å²) < 4.78 is 29.0. The summed E-state index contributed by atoms with van der Waals surface area (Å²) in [4.78, 5) is 12.6. The number of para-hydroxylation sites is 2. The highest BCUT2D eigenvalue weighted by molar-refractivity contribution is 6.06. The van der Waals surface area contributed by atoms with Gasteiger partial charge in [-0.05, 0) is 12.1 Å². The van der Waals surface area contributed by atoms with Crippen molar-refractivity contribution < 1.29 is 13.6 Å². The lowest BCUT2D eigenvalue weighted by molar-refractivity contribution is 0.101. The fourth-order valence-electron chi connectivity index (χ4n) is 2.93. The van der Waals surface area contributed by atoms with Crippen LogP contribution in [-0.2, 0) is 7.05 Å². The van der Waals surface area contributed by atoms with Crippen molar-refractivity contribution >= 4 is 11.6 Å². The first-order valence-corrected chi connectivity index (χ1v) is 8.73. The highest BCUT2D eigenvalue weighted by Crippen LogP contribution is 2.25. The molecule has 146 valence electrons. The lowest BCUT2D eigenvalue weighted by atomic mass is 10.2. The lowest BCUT2D eigenvalue weighted by Crippen LogP contribution is -2.15. The molecule has 7 nitrogen and oxygen atoms in total. The number of anilines is 1. The number of hydrogen-bond acceptors (Lipinski definition) is 4. The van der Waals surface area contributed by atoms with E-state index < -0.39 is 18.0 Å². The Morgan fingerprint density at radius 2 is 1.76 bits per heavy atom. The molecule has 4 aromatic rings. The van der Waals surface area contributed by atoms with E-state index in [9.17, 15) is 13.6 Å². The zero-order chi connectivity index (χ0) is 20.4. The monoisotopic (exact) mass is 394 g/mol. The van der Waals surface area contributed by atoms with Gasteiger partial charge in [-0.15, -0.1) is 5.10 Å². The van der Waals surface area contributed by atoms with E-state index >= 15 is 0 Å². The molecule has 2 aromatic heterocycles. The molecule has 0 aliphatic carbocycles. The van der Waals surface area contributed by atoms with Gasteiger partial charge in [0.25, 0.3) is 12.3 Å². The van der Waals surface area contributed by atoms with Crippen LogP contribution in [0.15, 0.2) is 67.0 Å². The quantitative estimate of drug-likeness (QED) is 0.558. The average molecular weight is 394 g/mol. The van der Waals surface area contributed by atoms with Crippen LogP contribution in [-0.4, -0.2) is 30.7 Å². The van der Waals surface area contributed by atoms with Crippen LogP contribution < -0.4 is 5.32 Å². The highest BCUT2D eigenvalue weighted by Gasteiger charge is 2.23. The van der Waals surface area contributed by atoms with E-state index in [2.05, 4.69) is 20.7 Å². The third kappa shape index (κ3) is 3.75. The number of alkyl halides is 2. The summed E-state index contributed by atoms with van der Waals surface area (Å²) in [6.45, 7) is 0. The molecule has 0 saturated carbocycles. The van der Waals surface area contributed by atoms with E-state index in [0.717, 1.165) is 5.56 Å². The molecule has 9 heteroatoms. The molecule has 1 N–H and O–H groups in total. The molecular weight excluding hydrogens is 378 g/mol. The molecule has 2 aromatic carbocycles. The Labute approximate surface area is 164 Å². The van der Waals surface area contributed by atoms with Crippen LogP contribution in [0.1, 0.15) is 22.5 Å². The third-order valence-corrected chi connectivity index (χ3v) is 4.27. The van der Waals surface area contributed by atoms with Crippen LogP contribution in [0.5, 0.6) is 0 Å². The molecule has 0 spiro atoms. The number of nitrogens with one attached hydrogen (secondary N) is 1. The van der Waals surface area contributed by atoms with Crippen LogP contribution in [0.2, 0.25) is 0 Å². The SMILES string of the molecule is Cn1cc(C(=O)Nc2ccccc2-n2cc(-c3ccccc3)nn2)c(C(F)F)n1. The molecule has 0 aliphatic rings. The van der Waals surface area contributed by atoms with E-state index in [1.54, 1.807) is 30.5 Å². The number of aromatic nitrogens is 5. The number of halogens is 2. The number of nitrogens with zero attached hydrogens (tertiary/aromatic N) is 5. The molecule has 2 heterocycles. The average Bonchev–Trinajstić information content (AvgIpc) is 3.36. The summed E-state index contributed by atoms with van der Waals surface area (Å²) in [6.07, 6.45) is 0.146. The normalized spacial score (nSPS) is 11.0. The summed E-state index contributed by atoms with van der Waals surface area (Å²) in [6, 6.07) is 16.5. The predicted molar refractivity (Wildman–Crippen MR) is 103 cm³/mol. The van der Waals surface area contributed by atoms with Gasteiger partial charge in [-0.2, -0.15) is 5.10 Å². The maximum Gasteiger partial charge on any atom is 0.282 e. The maximum absolute atomic E-state index is 13.2. The van der Waals surface area contributed by atoms with Gasteiger partial charge in [0.2, 0.25) is 0 Å². The zero-order valence-electron chi connectivity index (χ0n) is 15.3. The molecule has 0 aliphatic heterocycles. The second-order valence-electron chi connectivity index (χ2n) is 6.29. The summed E-state index contributed by atoms with van der Waals surface area (Å²) in [5.74, 6) is -0.677. The lowest BCUT2D eigenvalue weighted by Gasteiger charge is -2.10. The van der Waals surface area contributed by atoms with Crippen LogP contribution in [0, 0.1) is 0 Å². The Kier molecular flexibility index (Phi) is 4.86. The third-order valence-electron chi connectivity index (χ3n) is 4.27. The van der Waals surface area contributed by atoms with Crippen molar-refractivity contribution in [2.45, 2.75) is 6.43 Å². The van der Waals surface area contributed by atoms with Crippen LogP contribution in [0.4, 0.5) is 14.5 Å². The number of benzene rings is 2. The van der Waals surface area contributed by atoms with Crippen molar-refractivity contribution in [3.63, 3.8) is 0 Å². The van der Waals surface area contributed by atoms with Gasteiger partial charge in [-0.1, -0.05) is 47.7 Å². The Bertz CT molecular complexity index is 1150. The van der Waals surface area contributed by atoms with Gasteiger partial charge < -0.3 is 5.32 Å². The fourth-order valence-corrected chi connectivity index (χ4v) is 2.93. The van der Waals surface area contributed by atoms with Crippen LogP contribution in [0.3, 0.4) is 0 Å². The van der Waals surface area contributed by atoms with Gasteiger partial charge in [-0.3, -0.25) is 9.48 Å². The Morgan fingerprint density at radius 3 is 2.52 bits per heavy atom. The molecule has 0 atom stereocenters. The van der Waals surface area contributed by atoms with Crippen LogP contribution in [0.25, 0.3) is 16.9 Å². The summed E-state index contributed by atoms with van der Waals surface area (Å²) >= 11 is 0. The molecule has 0 fully saturated rings. The van der Waals surface area contributed by atoms with Crippen LogP contribution >= 0.6 is 0 Å². The van der Waals surface area contributed by atoms with E-state index in [0.29, 0.717) is 17.1 Å². The topological polar surface area (TPSA) is 77.6 Å². The van der Waals surface area contributed by atoms with Gasteiger partial charge in [-0.25, -0.2) is 13.5 Å². The Hall–Kier alpha value is -3.88. The van der Waals surface area contributed by atoms with E-state index in [1.807, 2.05) is 30.3 Å². The molecule has 0 unspecified atom stereocenters. The van der Waals surface area contributed by atoms with E-state index in [1.165, 1.54) is 22.6 Å². The van der Waals surface area contributed by atoms with Gasteiger partial charge in [0.05, 0.1) is 23.1 Å². The Morgan fingerprint density at radius 1 is 1.03 bits per heavy atom. The summed E-state index contributed by atoms with van der Waals surface area (Å²) in [7, 11) is 1.48. The number of aryl methyl sites for hydroxylation is 1. The van der Waals surface area contributed by atoms with E-state index in [-0.39, 0.29) is 5.56 Å².